The molecule has 0 fully saturated rings. The van der Waals surface area contributed by atoms with Gasteiger partial charge in [0.2, 0.25) is 0 Å². The molecule has 0 radical (unpaired) electrons. The van der Waals surface area contributed by atoms with Gasteiger partial charge in [0.25, 0.3) is 0 Å². The van der Waals surface area contributed by atoms with Crippen LogP contribution in [0.4, 0.5) is 10.1 Å². The fraction of sp³-hybridized carbons (Fsp3) is 0.250. The maximum atomic E-state index is 12.9. The first-order valence-corrected chi connectivity index (χ1v) is 6.84. The van der Waals surface area contributed by atoms with Gasteiger partial charge >= 0.3 is 0 Å². The second-order valence-corrected chi connectivity index (χ2v) is 5.19. The van der Waals surface area contributed by atoms with Crippen molar-refractivity contribution >= 4 is 17.3 Å². The summed E-state index contributed by atoms with van der Waals surface area (Å²) in [5, 5.41) is 10.8. The third kappa shape index (κ3) is 3.95. The molecule has 0 saturated carbocycles. The number of aliphatic hydroxyl groups is 1. The molecule has 0 bridgehead atoms. The van der Waals surface area contributed by atoms with E-state index in [4.69, 9.17) is 11.6 Å². The monoisotopic (exact) mass is 293 g/mol. The lowest BCUT2D eigenvalue weighted by Crippen LogP contribution is -2.20. The van der Waals surface area contributed by atoms with Crippen LogP contribution in [0.2, 0.25) is 5.02 Å². The van der Waals surface area contributed by atoms with Crippen LogP contribution in [0.3, 0.4) is 0 Å². The van der Waals surface area contributed by atoms with Crippen molar-refractivity contribution in [3.05, 3.63) is 64.9 Å². The van der Waals surface area contributed by atoms with Crippen molar-refractivity contribution in [2.75, 3.05) is 18.5 Å². The predicted molar refractivity (Wildman–Crippen MR) is 80.7 cm³/mol. The molecule has 0 aliphatic rings. The quantitative estimate of drug-likeness (QED) is 0.899. The van der Waals surface area contributed by atoms with E-state index in [0.29, 0.717) is 18.0 Å². The lowest BCUT2D eigenvalue weighted by molar-refractivity contribution is 0.170. The predicted octanol–water partition coefficient (Wildman–Crippen LogP) is 4.04. The lowest BCUT2D eigenvalue weighted by Gasteiger charge is -2.21. The Labute approximate surface area is 123 Å². The van der Waals surface area contributed by atoms with Crippen LogP contribution in [0, 0.1) is 5.82 Å². The largest absolute Gasteiger partial charge is 0.388 e. The second kappa shape index (κ2) is 6.73. The first-order valence-electron chi connectivity index (χ1n) is 6.46. The Kier molecular flexibility index (Phi) is 4.99. The number of anilines is 1. The van der Waals surface area contributed by atoms with Crippen molar-refractivity contribution in [1.29, 1.82) is 0 Å². The van der Waals surface area contributed by atoms with Crippen molar-refractivity contribution in [2.45, 2.75) is 12.5 Å². The molecule has 2 aromatic carbocycles. The number of hydrogen-bond donors (Lipinski definition) is 1. The summed E-state index contributed by atoms with van der Waals surface area (Å²) >= 11 is 5.91. The minimum Gasteiger partial charge on any atom is -0.388 e. The van der Waals surface area contributed by atoms with Crippen LogP contribution in [0.1, 0.15) is 18.1 Å². The molecular formula is C16H17ClFNO. The summed E-state index contributed by atoms with van der Waals surface area (Å²) in [5.74, 6) is -0.249. The molecule has 2 aromatic rings. The van der Waals surface area contributed by atoms with Crippen molar-refractivity contribution in [3.8, 4) is 0 Å². The summed E-state index contributed by atoms with van der Waals surface area (Å²) in [6, 6.07) is 13.5. The first-order chi connectivity index (χ1) is 9.56. The molecule has 0 aromatic heterocycles. The van der Waals surface area contributed by atoms with Gasteiger partial charge in [-0.15, -0.1) is 0 Å². The van der Waals surface area contributed by atoms with Crippen LogP contribution in [-0.2, 0) is 0 Å². The zero-order valence-corrected chi connectivity index (χ0v) is 12.0. The summed E-state index contributed by atoms with van der Waals surface area (Å²) in [6.07, 6.45) is 0.0189. The highest BCUT2D eigenvalue weighted by Crippen LogP contribution is 2.21. The van der Waals surface area contributed by atoms with E-state index in [2.05, 4.69) is 0 Å². The maximum absolute atomic E-state index is 12.9. The van der Waals surface area contributed by atoms with Crippen LogP contribution in [-0.4, -0.2) is 18.7 Å². The molecule has 0 spiro atoms. The Morgan fingerprint density at radius 1 is 1.20 bits per heavy atom. The fourth-order valence-electron chi connectivity index (χ4n) is 2.02. The number of aliphatic hydroxyl groups excluding tert-OH is 1. The molecule has 0 aliphatic heterocycles. The van der Waals surface area contributed by atoms with Gasteiger partial charge < -0.3 is 10.0 Å². The third-order valence-electron chi connectivity index (χ3n) is 3.24. The Balaban J connectivity index is 1.93. The molecule has 1 N–H and O–H groups in total. The van der Waals surface area contributed by atoms with E-state index < -0.39 is 6.10 Å². The topological polar surface area (TPSA) is 23.5 Å². The van der Waals surface area contributed by atoms with Crippen molar-refractivity contribution in [3.63, 3.8) is 0 Å². The summed E-state index contributed by atoms with van der Waals surface area (Å²) in [7, 11) is 1.91. The van der Waals surface area contributed by atoms with Crippen LogP contribution in [0.5, 0.6) is 0 Å². The highest BCUT2D eigenvalue weighted by atomic mass is 35.5. The Morgan fingerprint density at radius 2 is 1.90 bits per heavy atom. The van der Waals surface area contributed by atoms with Crippen LogP contribution in [0.25, 0.3) is 0 Å². The fourth-order valence-corrected chi connectivity index (χ4v) is 2.22. The number of benzene rings is 2. The molecule has 2 nitrogen and oxygen atoms in total. The van der Waals surface area contributed by atoms with E-state index in [9.17, 15) is 9.50 Å². The highest BCUT2D eigenvalue weighted by molar-refractivity contribution is 6.30. The van der Waals surface area contributed by atoms with Gasteiger partial charge in [-0.05, 0) is 48.4 Å². The third-order valence-corrected chi connectivity index (χ3v) is 3.47. The minimum atomic E-state index is -0.559. The molecule has 0 amide bonds. The molecular weight excluding hydrogens is 277 g/mol. The molecule has 0 aliphatic carbocycles. The van der Waals surface area contributed by atoms with Gasteiger partial charge in [-0.25, -0.2) is 4.39 Å². The van der Waals surface area contributed by atoms with Crippen molar-refractivity contribution in [2.24, 2.45) is 0 Å². The van der Waals surface area contributed by atoms with Gasteiger partial charge in [-0.2, -0.15) is 0 Å². The van der Waals surface area contributed by atoms with Gasteiger partial charge in [-0.1, -0.05) is 23.7 Å². The Bertz CT molecular complexity index is 559. The molecule has 0 saturated heterocycles. The second-order valence-electron chi connectivity index (χ2n) is 4.76. The normalized spacial score (nSPS) is 12.2. The van der Waals surface area contributed by atoms with Crippen LogP contribution in [0.15, 0.2) is 48.5 Å². The van der Waals surface area contributed by atoms with E-state index in [1.54, 1.807) is 24.3 Å². The molecule has 1 atom stereocenters. The van der Waals surface area contributed by atoms with Gasteiger partial charge in [0.05, 0.1) is 6.10 Å². The molecule has 4 heteroatoms. The average Bonchev–Trinajstić information content (AvgIpc) is 2.45. The van der Waals surface area contributed by atoms with Crippen LogP contribution >= 0.6 is 11.6 Å². The van der Waals surface area contributed by atoms with Gasteiger partial charge in [0.1, 0.15) is 5.82 Å². The summed E-state index contributed by atoms with van der Waals surface area (Å²) < 4.78 is 12.9. The molecule has 0 heterocycles. The zero-order valence-electron chi connectivity index (χ0n) is 11.3. The summed E-state index contributed by atoms with van der Waals surface area (Å²) in [5.41, 5.74) is 1.73. The number of hydrogen-bond acceptors (Lipinski definition) is 2. The number of halogens is 2. The van der Waals surface area contributed by atoms with Gasteiger partial charge in [-0.3, -0.25) is 0 Å². The Hall–Kier alpha value is -1.58. The van der Waals surface area contributed by atoms with Crippen LogP contribution < -0.4 is 4.90 Å². The standard InChI is InChI=1S/C16H17ClFNO/c1-19(15-7-5-14(18)6-8-15)10-9-16(20)12-3-2-4-13(17)11-12/h2-8,11,16,20H,9-10H2,1H3. The SMILES string of the molecule is CN(CCC(O)c1cccc(Cl)c1)c1ccc(F)cc1. The Morgan fingerprint density at radius 3 is 2.55 bits per heavy atom. The minimum absolute atomic E-state index is 0.249. The lowest BCUT2D eigenvalue weighted by atomic mass is 10.1. The van der Waals surface area contributed by atoms with Gasteiger partial charge in [0.15, 0.2) is 0 Å². The van der Waals surface area contributed by atoms with Gasteiger partial charge in [0, 0.05) is 24.3 Å². The smallest absolute Gasteiger partial charge is 0.123 e. The summed E-state index contributed by atoms with van der Waals surface area (Å²) in [6.45, 7) is 0.666. The maximum Gasteiger partial charge on any atom is 0.123 e. The van der Waals surface area contributed by atoms with E-state index >= 15 is 0 Å². The van der Waals surface area contributed by atoms with Crippen molar-refractivity contribution < 1.29 is 9.50 Å². The molecule has 20 heavy (non-hydrogen) atoms. The van der Waals surface area contributed by atoms with E-state index in [0.717, 1.165) is 11.3 Å². The number of rotatable bonds is 5. The average molecular weight is 294 g/mol. The first kappa shape index (κ1) is 14.8. The number of nitrogens with zero attached hydrogens (tertiary/aromatic N) is 1. The van der Waals surface area contributed by atoms with E-state index in [1.165, 1.54) is 12.1 Å². The molecule has 2 rings (SSSR count). The zero-order chi connectivity index (χ0) is 14.5. The van der Waals surface area contributed by atoms with E-state index in [1.807, 2.05) is 24.1 Å². The summed E-state index contributed by atoms with van der Waals surface area (Å²) in [4.78, 5) is 1.98. The van der Waals surface area contributed by atoms with Crippen molar-refractivity contribution in [1.82, 2.24) is 0 Å². The molecule has 1 unspecified atom stereocenters. The molecule has 106 valence electrons. The van der Waals surface area contributed by atoms with E-state index in [-0.39, 0.29) is 5.82 Å². The highest BCUT2D eigenvalue weighted by Gasteiger charge is 2.10.